The maximum atomic E-state index is 6.84. The van der Waals surface area contributed by atoms with Crippen molar-refractivity contribution < 1.29 is 8.85 Å². The van der Waals surface area contributed by atoms with Gasteiger partial charge in [0.2, 0.25) is 0 Å². The van der Waals surface area contributed by atoms with Gasteiger partial charge in [-0.25, -0.2) is 0 Å². The van der Waals surface area contributed by atoms with E-state index in [1.54, 1.807) is 0 Å². The summed E-state index contributed by atoms with van der Waals surface area (Å²) in [6, 6.07) is 0. The minimum Gasteiger partial charge on any atom is -0.414 e. The van der Waals surface area contributed by atoms with Crippen LogP contribution in [0.25, 0.3) is 0 Å². The molecule has 0 rings (SSSR count). The molecule has 0 spiro atoms. The Morgan fingerprint density at radius 3 is 1.77 bits per heavy atom. The van der Waals surface area contributed by atoms with Crippen molar-refractivity contribution >= 4 is 39.2 Å². The molecule has 2 atom stereocenters. The zero-order valence-electron chi connectivity index (χ0n) is 19.3. The second kappa shape index (κ2) is 9.37. The topological polar surface area (TPSA) is 18.5 Å². The van der Waals surface area contributed by atoms with Gasteiger partial charge in [-0.3, -0.25) is 0 Å². The van der Waals surface area contributed by atoms with Crippen LogP contribution in [0.2, 0.25) is 36.3 Å². The van der Waals surface area contributed by atoms with Gasteiger partial charge in [0.25, 0.3) is 0 Å². The highest BCUT2D eigenvalue weighted by Crippen LogP contribution is 2.40. The van der Waals surface area contributed by atoms with E-state index in [0.29, 0.717) is 12.5 Å². The maximum absolute atomic E-state index is 6.84. The molecule has 0 aliphatic rings. The molecule has 0 unspecified atom stereocenters. The number of allylic oxidation sites excluding steroid dienone is 2. The Morgan fingerprint density at radius 1 is 1.00 bits per heavy atom. The van der Waals surface area contributed by atoms with Gasteiger partial charge < -0.3 is 8.85 Å². The molecule has 0 heterocycles. The SMILES string of the molecule is C=C(I)/C=C(\C)[C@@H](C)[C@H](CO[Si](C)(C)C(C)(C)C)O[Si](C)(C)C(C)(C)C. The smallest absolute Gasteiger partial charge is 0.192 e. The Labute approximate surface area is 179 Å². The zero-order valence-corrected chi connectivity index (χ0v) is 23.5. The van der Waals surface area contributed by atoms with E-state index in [1.807, 2.05) is 0 Å². The Morgan fingerprint density at radius 2 is 1.42 bits per heavy atom. The van der Waals surface area contributed by atoms with Crippen molar-refractivity contribution in [3.05, 3.63) is 21.8 Å². The van der Waals surface area contributed by atoms with E-state index in [4.69, 9.17) is 8.85 Å². The summed E-state index contributed by atoms with van der Waals surface area (Å²) >= 11 is 2.27. The van der Waals surface area contributed by atoms with Gasteiger partial charge in [-0.15, -0.1) is 0 Å². The highest BCUT2D eigenvalue weighted by Gasteiger charge is 2.42. The van der Waals surface area contributed by atoms with Crippen LogP contribution in [-0.4, -0.2) is 29.3 Å². The molecule has 0 saturated heterocycles. The van der Waals surface area contributed by atoms with Crippen molar-refractivity contribution in [2.75, 3.05) is 6.61 Å². The lowest BCUT2D eigenvalue weighted by atomic mass is 9.96. The standard InChI is InChI=1S/C21H43IO2Si2/c1-16(14-17(2)22)18(3)19(24-26(12,13)21(7,8)9)15-23-25(10,11)20(4,5)6/h14,18-19H,2,15H2,1,3-13H3/b16-14+/t18-,19+/m1/s1. The predicted octanol–water partition coefficient (Wildman–Crippen LogP) is 7.93. The normalized spacial score (nSPS) is 17.2. The minimum absolute atomic E-state index is 0.0806. The molecule has 0 aromatic rings. The summed E-state index contributed by atoms with van der Waals surface area (Å²) in [7, 11) is -3.68. The monoisotopic (exact) mass is 510 g/mol. The quantitative estimate of drug-likeness (QED) is 0.188. The Kier molecular flexibility index (Phi) is 9.58. The summed E-state index contributed by atoms with van der Waals surface area (Å²) in [6.45, 7) is 32.2. The molecule has 154 valence electrons. The Balaban J connectivity index is 5.59. The van der Waals surface area contributed by atoms with Crippen LogP contribution < -0.4 is 0 Å². The van der Waals surface area contributed by atoms with E-state index in [0.717, 1.165) is 3.58 Å². The summed E-state index contributed by atoms with van der Waals surface area (Å²) in [4.78, 5) is 0. The van der Waals surface area contributed by atoms with Gasteiger partial charge in [0, 0.05) is 9.50 Å². The molecule has 0 radical (unpaired) electrons. The zero-order chi connectivity index (χ0) is 21.1. The third-order valence-electron chi connectivity index (χ3n) is 6.33. The predicted molar refractivity (Wildman–Crippen MR) is 131 cm³/mol. The molecule has 26 heavy (non-hydrogen) atoms. The molecule has 0 bridgehead atoms. The van der Waals surface area contributed by atoms with Gasteiger partial charge in [-0.05, 0) is 65.8 Å². The second-order valence-corrected chi connectivity index (χ2v) is 21.6. The second-order valence-electron chi connectivity index (χ2n) is 10.6. The first-order valence-electron chi connectivity index (χ1n) is 9.66. The average molecular weight is 511 g/mol. The summed E-state index contributed by atoms with van der Waals surface area (Å²) in [5.74, 6) is 0.306. The Hall–Kier alpha value is 0.564. The third kappa shape index (κ3) is 7.90. The van der Waals surface area contributed by atoms with E-state index in [-0.39, 0.29) is 16.2 Å². The van der Waals surface area contributed by atoms with Gasteiger partial charge in [-0.2, -0.15) is 0 Å². The molecule has 0 aliphatic heterocycles. The fourth-order valence-corrected chi connectivity index (χ4v) is 4.90. The van der Waals surface area contributed by atoms with E-state index < -0.39 is 16.6 Å². The fraction of sp³-hybridized carbons (Fsp3) is 0.810. The van der Waals surface area contributed by atoms with Crippen LogP contribution in [0.4, 0.5) is 0 Å². The largest absolute Gasteiger partial charge is 0.414 e. The first-order chi connectivity index (χ1) is 11.3. The van der Waals surface area contributed by atoms with Crippen molar-refractivity contribution in [1.29, 1.82) is 0 Å². The fourth-order valence-electron chi connectivity index (χ4n) is 2.01. The lowest BCUT2D eigenvalue weighted by molar-refractivity contribution is 0.0779. The van der Waals surface area contributed by atoms with E-state index >= 15 is 0 Å². The lowest BCUT2D eigenvalue weighted by Gasteiger charge is -2.43. The van der Waals surface area contributed by atoms with Crippen LogP contribution in [0, 0.1) is 5.92 Å². The molecule has 0 N–H and O–H groups in total. The molecular formula is C21H43IO2Si2. The number of rotatable bonds is 8. The van der Waals surface area contributed by atoms with Crippen molar-refractivity contribution in [3.63, 3.8) is 0 Å². The Bertz CT molecular complexity index is 511. The van der Waals surface area contributed by atoms with Crippen LogP contribution in [0.3, 0.4) is 0 Å². The summed E-state index contributed by atoms with van der Waals surface area (Å²) in [6.07, 6.45) is 2.25. The number of hydrogen-bond donors (Lipinski definition) is 0. The summed E-state index contributed by atoms with van der Waals surface area (Å²) < 4.78 is 14.5. The molecule has 0 fully saturated rings. The molecule has 0 aliphatic carbocycles. The molecule has 0 saturated carbocycles. The van der Waals surface area contributed by atoms with Crippen molar-refractivity contribution in [1.82, 2.24) is 0 Å². The molecule has 2 nitrogen and oxygen atoms in total. The molecule has 0 aromatic heterocycles. The van der Waals surface area contributed by atoms with Crippen molar-refractivity contribution in [2.45, 2.75) is 97.8 Å². The first kappa shape index (κ1) is 26.6. The van der Waals surface area contributed by atoms with Gasteiger partial charge in [0.15, 0.2) is 16.6 Å². The van der Waals surface area contributed by atoms with Gasteiger partial charge in [-0.1, -0.05) is 66.7 Å². The average Bonchev–Trinajstić information content (AvgIpc) is 2.39. The third-order valence-corrected chi connectivity index (χ3v) is 15.6. The molecule has 0 amide bonds. The van der Waals surface area contributed by atoms with Crippen molar-refractivity contribution in [2.24, 2.45) is 5.92 Å². The van der Waals surface area contributed by atoms with Crippen LogP contribution >= 0.6 is 22.6 Å². The highest BCUT2D eigenvalue weighted by molar-refractivity contribution is 14.1. The summed E-state index contributed by atoms with van der Waals surface area (Å²) in [5.41, 5.74) is 1.31. The van der Waals surface area contributed by atoms with E-state index in [2.05, 4.69) is 117 Å². The van der Waals surface area contributed by atoms with E-state index in [1.165, 1.54) is 5.57 Å². The highest BCUT2D eigenvalue weighted by atomic mass is 127. The van der Waals surface area contributed by atoms with Gasteiger partial charge in [0.05, 0.1) is 12.7 Å². The number of hydrogen-bond acceptors (Lipinski definition) is 2. The summed E-state index contributed by atoms with van der Waals surface area (Å²) in [5, 5.41) is 0.394. The van der Waals surface area contributed by atoms with Crippen molar-refractivity contribution in [3.8, 4) is 0 Å². The van der Waals surface area contributed by atoms with Crippen LogP contribution in [0.1, 0.15) is 55.4 Å². The van der Waals surface area contributed by atoms with Crippen LogP contribution in [0.5, 0.6) is 0 Å². The number of halogens is 1. The first-order valence-corrected chi connectivity index (χ1v) is 16.6. The van der Waals surface area contributed by atoms with Crippen LogP contribution in [-0.2, 0) is 8.85 Å². The lowest BCUT2D eigenvalue weighted by Crippen LogP contribution is -2.49. The van der Waals surface area contributed by atoms with Gasteiger partial charge >= 0.3 is 0 Å². The molecule has 0 aromatic carbocycles. The molecular weight excluding hydrogens is 467 g/mol. The van der Waals surface area contributed by atoms with Crippen LogP contribution in [0.15, 0.2) is 21.8 Å². The molecule has 5 heteroatoms. The van der Waals surface area contributed by atoms with Gasteiger partial charge in [0.1, 0.15) is 0 Å². The minimum atomic E-state index is -1.87. The maximum Gasteiger partial charge on any atom is 0.192 e. The van der Waals surface area contributed by atoms with E-state index in [9.17, 15) is 0 Å².